The van der Waals surface area contributed by atoms with E-state index in [1.165, 1.54) is 11.0 Å². The van der Waals surface area contributed by atoms with Crippen molar-refractivity contribution in [1.29, 1.82) is 5.26 Å². The summed E-state index contributed by atoms with van der Waals surface area (Å²) in [5.74, 6) is -0.690. The van der Waals surface area contributed by atoms with Crippen LogP contribution in [0.3, 0.4) is 0 Å². The molecule has 0 radical (unpaired) electrons. The molecule has 0 saturated heterocycles. The summed E-state index contributed by atoms with van der Waals surface area (Å²) >= 11 is 0. The fourth-order valence-electron chi connectivity index (χ4n) is 4.21. The lowest BCUT2D eigenvalue weighted by Crippen LogP contribution is -2.38. The zero-order chi connectivity index (χ0) is 23.1. The van der Waals surface area contributed by atoms with Gasteiger partial charge in [0.15, 0.2) is 0 Å². The number of hydrogen-bond donors (Lipinski definition) is 0. The van der Waals surface area contributed by atoms with E-state index in [1.54, 1.807) is 23.2 Å². The quantitative estimate of drug-likeness (QED) is 0.416. The summed E-state index contributed by atoms with van der Waals surface area (Å²) in [7, 11) is 1.84. The molecule has 0 aliphatic carbocycles. The number of nitrogens with zero attached hydrogens (tertiary/aromatic N) is 4. The van der Waals surface area contributed by atoms with Gasteiger partial charge < -0.3 is 14.1 Å². The summed E-state index contributed by atoms with van der Waals surface area (Å²) in [6, 6.07) is 10.9. The Morgan fingerprint density at radius 1 is 1.24 bits per heavy atom. The minimum absolute atomic E-state index is 0.0761. The molecule has 0 fully saturated rings. The largest absolute Gasteiger partial charge is 0.464 e. The number of halogens is 2. The van der Waals surface area contributed by atoms with E-state index in [9.17, 15) is 13.6 Å². The summed E-state index contributed by atoms with van der Waals surface area (Å²) in [5, 5.41) is 13.9. The number of nitriles is 1. The Morgan fingerprint density at radius 3 is 2.82 bits per heavy atom. The van der Waals surface area contributed by atoms with Crippen LogP contribution in [0.4, 0.5) is 8.78 Å². The zero-order valence-electron chi connectivity index (χ0n) is 17.6. The Hall–Kier alpha value is -4.19. The van der Waals surface area contributed by atoms with Gasteiger partial charge in [0.05, 0.1) is 24.1 Å². The zero-order valence-corrected chi connectivity index (χ0v) is 17.6. The van der Waals surface area contributed by atoms with E-state index in [1.807, 2.05) is 37.5 Å². The maximum absolute atomic E-state index is 13.2. The normalized spacial score (nSPS) is 13.4. The van der Waals surface area contributed by atoms with E-state index in [0.29, 0.717) is 35.2 Å². The minimum Gasteiger partial charge on any atom is -0.464 e. The van der Waals surface area contributed by atoms with Crippen molar-refractivity contribution < 1.29 is 22.7 Å². The van der Waals surface area contributed by atoms with Gasteiger partial charge in [0.2, 0.25) is 0 Å². The summed E-state index contributed by atoms with van der Waals surface area (Å²) in [4.78, 5) is 14.1. The second kappa shape index (κ2) is 8.06. The van der Waals surface area contributed by atoms with Crippen molar-refractivity contribution in [3.8, 4) is 34.1 Å². The number of alkyl halides is 2. The molecule has 2 aromatic carbocycles. The highest BCUT2D eigenvalue weighted by molar-refractivity contribution is 6.02. The van der Waals surface area contributed by atoms with Crippen LogP contribution < -0.4 is 4.74 Å². The van der Waals surface area contributed by atoms with Gasteiger partial charge in [-0.1, -0.05) is 6.07 Å². The molecule has 1 amide bonds. The van der Waals surface area contributed by atoms with Gasteiger partial charge in [0.25, 0.3) is 5.91 Å². The van der Waals surface area contributed by atoms with Crippen LogP contribution in [0.1, 0.15) is 15.9 Å². The minimum atomic E-state index is -3.09. The van der Waals surface area contributed by atoms with E-state index >= 15 is 0 Å². The van der Waals surface area contributed by atoms with Crippen molar-refractivity contribution in [2.45, 2.75) is 13.0 Å². The van der Waals surface area contributed by atoms with Crippen LogP contribution in [0.2, 0.25) is 0 Å². The molecule has 4 aromatic rings. The number of rotatable bonds is 5. The van der Waals surface area contributed by atoms with Crippen molar-refractivity contribution in [1.82, 2.24) is 14.7 Å². The fourth-order valence-corrected chi connectivity index (χ4v) is 4.21. The lowest BCUT2D eigenvalue weighted by Gasteiger charge is -2.28. The van der Waals surface area contributed by atoms with Crippen molar-refractivity contribution in [3.63, 3.8) is 0 Å². The lowest BCUT2D eigenvalue weighted by molar-refractivity contribution is -0.0503. The Morgan fingerprint density at radius 2 is 2.09 bits per heavy atom. The third kappa shape index (κ3) is 3.69. The SMILES string of the molecule is Cn1cc(-c2ccc3c(-c4cc5c(c(OC(F)F)c4)C(=O)N(CC#N)CC5)coc3c2)cn1. The molecule has 2 aromatic heterocycles. The molecule has 166 valence electrons. The summed E-state index contributed by atoms with van der Waals surface area (Å²) in [5.41, 5.74) is 4.51. The number of aryl methyl sites for hydroxylation is 1. The summed E-state index contributed by atoms with van der Waals surface area (Å²) in [6.07, 6.45) is 5.65. The molecular formula is C24H18F2N4O3. The van der Waals surface area contributed by atoms with Crippen LogP contribution in [0, 0.1) is 11.3 Å². The molecule has 1 aliphatic rings. The first kappa shape index (κ1) is 20.7. The van der Waals surface area contributed by atoms with Crippen LogP contribution in [-0.2, 0) is 13.5 Å². The average molecular weight is 448 g/mol. The highest BCUT2D eigenvalue weighted by atomic mass is 19.3. The smallest absolute Gasteiger partial charge is 0.387 e. The van der Waals surface area contributed by atoms with Gasteiger partial charge in [-0.15, -0.1) is 0 Å². The number of carbonyl (C=O) groups excluding carboxylic acids is 1. The molecular weight excluding hydrogens is 430 g/mol. The van der Waals surface area contributed by atoms with Gasteiger partial charge in [-0.3, -0.25) is 9.48 Å². The van der Waals surface area contributed by atoms with Gasteiger partial charge in [0.1, 0.15) is 17.9 Å². The highest BCUT2D eigenvalue weighted by Gasteiger charge is 2.30. The Balaban J connectivity index is 1.59. The van der Waals surface area contributed by atoms with Crippen molar-refractivity contribution in [2.24, 2.45) is 7.05 Å². The molecule has 3 heterocycles. The molecule has 9 heteroatoms. The second-order valence-corrected chi connectivity index (χ2v) is 7.78. The topological polar surface area (TPSA) is 84.3 Å². The molecule has 0 N–H and O–H groups in total. The summed E-state index contributed by atoms with van der Waals surface area (Å²) < 4.78 is 38.6. The Labute approximate surface area is 187 Å². The standard InChI is InChI=1S/C24H18F2N4O3/c1-29-12-17(11-28-29)14-2-3-18-19(13-32-20(18)9-14)16-8-15-4-6-30(7-5-27)23(31)22(15)21(10-16)33-24(25)26/h2-3,8-13,24H,4,6-7H2,1H3. The predicted octanol–water partition coefficient (Wildman–Crippen LogP) is 4.62. The summed E-state index contributed by atoms with van der Waals surface area (Å²) in [6.45, 7) is -2.87. The number of ether oxygens (including phenoxy) is 1. The third-order valence-corrected chi connectivity index (χ3v) is 5.74. The lowest BCUT2D eigenvalue weighted by atomic mass is 9.92. The highest BCUT2D eigenvalue weighted by Crippen LogP contribution is 2.39. The van der Waals surface area contributed by atoms with Gasteiger partial charge in [-0.2, -0.15) is 19.1 Å². The number of benzene rings is 2. The van der Waals surface area contributed by atoms with E-state index < -0.39 is 12.5 Å². The molecule has 0 atom stereocenters. The van der Waals surface area contributed by atoms with Crippen LogP contribution >= 0.6 is 0 Å². The molecule has 0 spiro atoms. The third-order valence-electron chi connectivity index (χ3n) is 5.74. The number of amides is 1. The first-order valence-electron chi connectivity index (χ1n) is 10.2. The van der Waals surface area contributed by atoms with E-state index in [0.717, 1.165) is 16.5 Å². The molecule has 33 heavy (non-hydrogen) atoms. The van der Waals surface area contributed by atoms with Crippen LogP contribution in [0.25, 0.3) is 33.2 Å². The van der Waals surface area contributed by atoms with E-state index in [2.05, 4.69) is 5.10 Å². The molecule has 0 bridgehead atoms. The van der Waals surface area contributed by atoms with E-state index in [-0.39, 0.29) is 17.9 Å². The Kier molecular flexibility index (Phi) is 5.05. The monoisotopic (exact) mass is 448 g/mol. The van der Waals surface area contributed by atoms with Crippen molar-refractivity contribution in [3.05, 3.63) is 60.1 Å². The first-order chi connectivity index (χ1) is 15.9. The van der Waals surface area contributed by atoms with Crippen LogP contribution in [0.15, 0.2) is 53.4 Å². The number of aromatic nitrogens is 2. The average Bonchev–Trinajstić information content (AvgIpc) is 3.41. The number of furan rings is 1. The Bertz CT molecular complexity index is 1420. The molecule has 7 nitrogen and oxygen atoms in total. The van der Waals surface area contributed by atoms with Crippen molar-refractivity contribution >= 4 is 16.9 Å². The van der Waals surface area contributed by atoms with Gasteiger partial charge in [-0.05, 0) is 47.4 Å². The fraction of sp³-hybridized carbons (Fsp3) is 0.208. The number of hydrogen-bond acceptors (Lipinski definition) is 5. The van der Waals surface area contributed by atoms with Crippen LogP contribution in [-0.4, -0.2) is 40.3 Å². The molecule has 5 rings (SSSR count). The predicted molar refractivity (Wildman–Crippen MR) is 116 cm³/mol. The van der Waals surface area contributed by atoms with Gasteiger partial charge in [0, 0.05) is 36.3 Å². The van der Waals surface area contributed by atoms with Gasteiger partial charge >= 0.3 is 6.61 Å². The number of carbonyl (C=O) groups is 1. The first-order valence-corrected chi connectivity index (χ1v) is 10.2. The van der Waals surface area contributed by atoms with Crippen LogP contribution in [0.5, 0.6) is 5.75 Å². The maximum Gasteiger partial charge on any atom is 0.387 e. The second-order valence-electron chi connectivity index (χ2n) is 7.78. The molecule has 1 aliphatic heterocycles. The molecule has 0 unspecified atom stereocenters. The van der Waals surface area contributed by atoms with E-state index in [4.69, 9.17) is 14.4 Å². The van der Waals surface area contributed by atoms with Crippen molar-refractivity contribution in [2.75, 3.05) is 13.1 Å². The van der Waals surface area contributed by atoms with Gasteiger partial charge in [-0.25, -0.2) is 0 Å². The number of fused-ring (bicyclic) bond motifs is 2. The molecule has 0 saturated carbocycles. The maximum atomic E-state index is 13.2.